The molecule has 3 N–H and O–H groups in total. The molecule has 0 atom stereocenters. The third kappa shape index (κ3) is 3.78. The number of amidine groups is 1. The molecule has 1 amide bonds. The lowest BCUT2D eigenvalue weighted by Crippen LogP contribution is -2.19. The first-order chi connectivity index (χ1) is 11.9. The predicted octanol–water partition coefficient (Wildman–Crippen LogP) is 2.57. The number of carboxylic acid groups (broad SMARTS) is 2. The summed E-state index contributed by atoms with van der Waals surface area (Å²) in [4.78, 5) is 38.6. The molecule has 1 aliphatic heterocycles. The number of rotatable bonds is 4. The maximum Gasteiger partial charge on any atom is 0.335 e. The summed E-state index contributed by atoms with van der Waals surface area (Å²) in [7, 11) is 0. The fourth-order valence-corrected chi connectivity index (χ4v) is 2.84. The van der Waals surface area contributed by atoms with E-state index in [4.69, 9.17) is 14.6 Å². The molecule has 1 saturated heterocycles. The first-order valence-electron chi connectivity index (χ1n) is 6.87. The summed E-state index contributed by atoms with van der Waals surface area (Å²) < 4.78 is 5.14. The van der Waals surface area contributed by atoms with E-state index in [2.05, 4.69) is 10.3 Å². The van der Waals surface area contributed by atoms with Crippen LogP contribution in [-0.4, -0.2) is 33.2 Å². The van der Waals surface area contributed by atoms with Gasteiger partial charge in [0.2, 0.25) is 0 Å². The van der Waals surface area contributed by atoms with Gasteiger partial charge in [-0.15, -0.1) is 0 Å². The highest BCUT2D eigenvalue weighted by Gasteiger charge is 2.24. The van der Waals surface area contributed by atoms with Gasteiger partial charge >= 0.3 is 11.9 Å². The lowest BCUT2D eigenvalue weighted by Gasteiger charge is -2.02. The van der Waals surface area contributed by atoms with Crippen LogP contribution < -0.4 is 5.32 Å². The van der Waals surface area contributed by atoms with Gasteiger partial charge in [0.15, 0.2) is 5.17 Å². The fourth-order valence-electron chi connectivity index (χ4n) is 2.02. The molecule has 0 spiro atoms. The smallest absolute Gasteiger partial charge is 0.335 e. The number of amides is 1. The Morgan fingerprint density at radius 1 is 1.16 bits per heavy atom. The summed E-state index contributed by atoms with van der Waals surface area (Å²) in [6.07, 6.45) is 3.02. The standard InChI is InChI=1S/C16H10N2O6S/c19-13-12(7-11-2-1-3-24-11)25-16(18-13)17-10-5-8(14(20)21)4-9(6-10)15(22)23/h1-7H,(H,20,21)(H,22,23)(H,17,18,19)/b12-7-. The van der Waals surface area contributed by atoms with Crippen LogP contribution in [0.4, 0.5) is 5.69 Å². The quantitative estimate of drug-likeness (QED) is 0.716. The first-order valence-corrected chi connectivity index (χ1v) is 7.69. The first kappa shape index (κ1) is 16.5. The van der Waals surface area contributed by atoms with Crippen LogP contribution in [0.2, 0.25) is 0 Å². The van der Waals surface area contributed by atoms with Crippen LogP contribution in [0.1, 0.15) is 26.5 Å². The van der Waals surface area contributed by atoms with E-state index in [1.165, 1.54) is 18.4 Å². The van der Waals surface area contributed by atoms with Gasteiger partial charge < -0.3 is 19.9 Å². The van der Waals surface area contributed by atoms with Gasteiger partial charge in [0.25, 0.3) is 5.91 Å². The van der Waals surface area contributed by atoms with Gasteiger partial charge in [0.05, 0.1) is 28.0 Å². The highest BCUT2D eigenvalue weighted by molar-refractivity contribution is 8.18. The second-order valence-electron chi connectivity index (χ2n) is 4.88. The molecule has 0 radical (unpaired) electrons. The summed E-state index contributed by atoms with van der Waals surface area (Å²) in [5.74, 6) is -2.43. The number of carbonyl (C=O) groups excluding carboxylic acids is 1. The number of aliphatic imine (C=N–C) groups is 1. The highest BCUT2D eigenvalue weighted by atomic mass is 32.2. The topological polar surface area (TPSA) is 129 Å². The Morgan fingerprint density at radius 3 is 2.40 bits per heavy atom. The normalized spacial score (nSPS) is 17.0. The van der Waals surface area contributed by atoms with Crippen LogP contribution in [0.25, 0.3) is 6.08 Å². The van der Waals surface area contributed by atoms with Crippen LogP contribution in [0.5, 0.6) is 0 Å². The van der Waals surface area contributed by atoms with Crippen LogP contribution in [0, 0.1) is 0 Å². The number of nitrogens with zero attached hydrogens (tertiary/aromatic N) is 1. The maximum absolute atomic E-state index is 11.9. The molecule has 9 heteroatoms. The monoisotopic (exact) mass is 358 g/mol. The van der Waals surface area contributed by atoms with Crippen LogP contribution in [0.3, 0.4) is 0 Å². The van der Waals surface area contributed by atoms with Crippen molar-refractivity contribution < 1.29 is 29.0 Å². The van der Waals surface area contributed by atoms with Crippen molar-refractivity contribution in [3.63, 3.8) is 0 Å². The molecule has 1 fully saturated rings. The molecule has 8 nitrogen and oxygen atoms in total. The highest BCUT2D eigenvalue weighted by Crippen LogP contribution is 2.28. The number of hydrogen-bond donors (Lipinski definition) is 3. The Morgan fingerprint density at radius 2 is 1.84 bits per heavy atom. The number of carboxylic acids is 2. The van der Waals surface area contributed by atoms with Crippen molar-refractivity contribution in [1.29, 1.82) is 0 Å². The molecule has 2 heterocycles. The van der Waals surface area contributed by atoms with E-state index in [0.29, 0.717) is 10.7 Å². The molecule has 0 unspecified atom stereocenters. The van der Waals surface area contributed by atoms with Crippen LogP contribution >= 0.6 is 11.8 Å². The van der Waals surface area contributed by atoms with Gasteiger partial charge in [-0.05, 0) is 42.1 Å². The molecule has 126 valence electrons. The van der Waals surface area contributed by atoms with E-state index >= 15 is 0 Å². The molecule has 1 aliphatic rings. The molecule has 1 aromatic carbocycles. The zero-order valence-corrected chi connectivity index (χ0v) is 13.2. The Balaban J connectivity index is 1.92. The number of nitrogens with one attached hydrogen (secondary N) is 1. The van der Waals surface area contributed by atoms with Gasteiger partial charge in [0, 0.05) is 6.08 Å². The van der Waals surface area contributed by atoms with Crippen LogP contribution in [-0.2, 0) is 4.79 Å². The SMILES string of the molecule is O=C1NC(=Nc2cc(C(=O)O)cc(C(=O)O)c2)S/C1=C\c1ccco1. The second kappa shape index (κ2) is 6.65. The van der Waals surface area contributed by atoms with Crippen molar-refractivity contribution in [2.45, 2.75) is 0 Å². The minimum Gasteiger partial charge on any atom is -0.478 e. The van der Waals surface area contributed by atoms with E-state index < -0.39 is 11.9 Å². The fraction of sp³-hybridized carbons (Fsp3) is 0. The van der Waals surface area contributed by atoms with Crippen molar-refractivity contribution in [3.05, 3.63) is 58.4 Å². The maximum atomic E-state index is 11.9. The lowest BCUT2D eigenvalue weighted by atomic mass is 10.1. The number of furan rings is 1. The molecule has 25 heavy (non-hydrogen) atoms. The van der Waals surface area contributed by atoms with E-state index in [1.807, 2.05) is 0 Å². The van der Waals surface area contributed by atoms with Crippen molar-refractivity contribution in [1.82, 2.24) is 5.32 Å². The van der Waals surface area contributed by atoms with Crippen molar-refractivity contribution in [2.24, 2.45) is 4.99 Å². The summed E-state index contributed by atoms with van der Waals surface area (Å²) >= 11 is 1.04. The summed E-state index contributed by atoms with van der Waals surface area (Å²) in [6, 6.07) is 6.86. The Kier molecular flexibility index (Phi) is 4.40. The summed E-state index contributed by atoms with van der Waals surface area (Å²) in [5, 5.41) is 20.9. The number of carbonyl (C=O) groups is 3. The largest absolute Gasteiger partial charge is 0.478 e. The third-order valence-corrected chi connectivity index (χ3v) is 4.02. The number of thioether (sulfide) groups is 1. The minimum atomic E-state index is -1.27. The van der Waals surface area contributed by atoms with E-state index in [0.717, 1.165) is 17.8 Å². The number of hydrogen-bond acceptors (Lipinski definition) is 6. The Hall–Kier alpha value is -3.33. The molecule has 0 saturated carbocycles. The van der Waals surface area contributed by atoms with E-state index in [1.54, 1.807) is 18.2 Å². The number of benzene rings is 1. The zero-order chi connectivity index (χ0) is 18.0. The van der Waals surface area contributed by atoms with Crippen molar-refractivity contribution in [2.75, 3.05) is 0 Å². The Labute approximate surface area is 144 Å². The van der Waals surface area contributed by atoms with Gasteiger partial charge in [0.1, 0.15) is 5.76 Å². The molecule has 1 aromatic heterocycles. The Bertz CT molecular complexity index is 898. The van der Waals surface area contributed by atoms with Gasteiger partial charge in [-0.2, -0.15) is 0 Å². The van der Waals surface area contributed by atoms with Crippen molar-refractivity contribution in [3.8, 4) is 0 Å². The molecule has 3 rings (SSSR count). The number of aromatic carboxylic acids is 2. The zero-order valence-electron chi connectivity index (χ0n) is 12.4. The van der Waals surface area contributed by atoms with Crippen LogP contribution in [0.15, 0.2) is 50.9 Å². The average molecular weight is 358 g/mol. The predicted molar refractivity (Wildman–Crippen MR) is 89.9 cm³/mol. The molecule has 0 aliphatic carbocycles. The van der Waals surface area contributed by atoms with Gasteiger partial charge in [-0.25, -0.2) is 14.6 Å². The molecular weight excluding hydrogens is 348 g/mol. The van der Waals surface area contributed by atoms with Gasteiger partial charge in [-0.1, -0.05) is 0 Å². The minimum absolute atomic E-state index is 0.111. The summed E-state index contributed by atoms with van der Waals surface area (Å²) in [5.41, 5.74) is -0.306. The van der Waals surface area contributed by atoms with Gasteiger partial charge in [-0.3, -0.25) is 4.79 Å². The average Bonchev–Trinajstić information content (AvgIpc) is 3.17. The van der Waals surface area contributed by atoms with E-state index in [-0.39, 0.29) is 27.9 Å². The molecule has 0 bridgehead atoms. The van der Waals surface area contributed by atoms with E-state index in [9.17, 15) is 14.4 Å². The molecule has 2 aromatic rings. The second-order valence-corrected chi connectivity index (χ2v) is 5.91. The van der Waals surface area contributed by atoms with Crippen molar-refractivity contribution >= 4 is 46.5 Å². The third-order valence-electron chi connectivity index (χ3n) is 3.11. The summed E-state index contributed by atoms with van der Waals surface area (Å²) in [6.45, 7) is 0. The lowest BCUT2D eigenvalue weighted by molar-refractivity contribution is -0.115. The molecular formula is C16H10N2O6S.